The number of carbonyl (C=O) groups is 1. The van der Waals surface area contributed by atoms with Gasteiger partial charge in [-0.1, -0.05) is 6.58 Å². The molecule has 0 aliphatic rings. The van der Waals surface area contributed by atoms with Crippen molar-refractivity contribution in [1.29, 1.82) is 0 Å². The molecule has 0 heterocycles. The number of hydrogen-bond donors (Lipinski definition) is 0. The van der Waals surface area contributed by atoms with Crippen LogP contribution in [0.1, 0.15) is 6.92 Å². The lowest BCUT2D eigenvalue weighted by molar-refractivity contribution is -0.261. The van der Waals surface area contributed by atoms with Crippen molar-refractivity contribution in [3.05, 3.63) is 12.7 Å². The minimum atomic E-state index is -0.925. The largest absolute Gasteiger partial charge is 0.407 e. The van der Waals surface area contributed by atoms with E-state index in [2.05, 4.69) is 16.1 Å². The third-order valence-electron chi connectivity index (χ3n) is 0.874. The molecule has 1 atom stereocenters. The minimum absolute atomic E-state index is 0.420. The number of rotatable bonds is 5. The van der Waals surface area contributed by atoms with Crippen molar-refractivity contribution in [1.82, 2.24) is 0 Å². The molecule has 0 N–H and O–H groups in total. The third-order valence-corrected chi connectivity index (χ3v) is 0.874. The lowest BCUT2D eigenvalue weighted by atomic mass is 10.7. The van der Waals surface area contributed by atoms with Crippen LogP contribution in [0, 0.1) is 0 Å². The van der Waals surface area contributed by atoms with E-state index in [0.717, 1.165) is 6.08 Å². The van der Waals surface area contributed by atoms with E-state index in [1.807, 2.05) is 0 Å². The molecule has 64 valence electrons. The fraction of sp³-hybridized carbons (Fsp3) is 0.571. The van der Waals surface area contributed by atoms with Gasteiger partial charge in [0.1, 0.15) is 0 Å². The number of carbonyl (C=O) groups excluding carboxylic acids is 1. The summed E-state index contributed by atoms with van der Waals surface area (Å²) in [5, 5.41) is 0. The standard InChI is InChI=1S/C7H12O4/c1-4-6(8)11-7(9-3)10-5-2/h4,7H,1,5H2,2-3H3. The SMILES string of the molecule is C=CC(=O)OC(OC)OCC. The smallest absolute Gasteiger partial charge is 0.334 e. The molecule has 0 bridgehead atoms. The molecule has 0 amide bonds. The third kappa shape index (κ3) is 4.52. The van der Waals surface area contributed by atoms with Gasteiger partial charge in [0.25, 0.3) is 0 Å². The first-order valence-electron chi connectivity index (χ1n) is 3.22. The van der Waals surface area contributed by atoms with Crippen LogP contribution < -0.4 is 0 Å². The molecular formula is C7H12O4. The number of esters is 1. The molecule has 1 unspecified atom stereocenters. The van der Waals surface area contributed by atoms with Gasteiger partial charge in [0.15, 0.2) is 0 Å². The average molecular weight is 160 g/mol. The molecule has 0 aliphatic heterocycles. The van der Waals surface area contributed by atoms with Crippen LogP contribution in [0.5, 0.6) is 0 Å². The highest BCUT2D eigenvalue weighted by molar-refractivity contribution is 5.81. The molecule has 0 spiro atoms. The van der Waals surface area contributed by atoms with Crippen LogP contribution in [-0.4, -0.2) is 26.2 Å². The Labute approximate surface area is 65.7 Å². The van der Waals surface area contributed by atoms with Crippen molar-refractivity contribution in [2.24, 2.45) is 0 Å². The Kier molecular flexibility index (Phi) is 5.42. The van der Waals surface area contributed by atoms with Crippen LogP contribution >= 0.6 is 0 Å². The lowest BCUT2D eigenvalue weighted by Gasteiger charge is -2.13. The van der Waals surface area contributed by atoms with E-state index in [1.165, 1.54) is 7.11 Å². The van der Waals surface area contributed by atoms with E-state index >= 15 is 0 Å². The number of hydrogen-bond acceptors (Lipinski definition) is 4. The normalized spacial score (nSPS) is 12.2. The fourth-order valence-corrected chi connectivity index (χ4v) is 0.429. The van der Waals surface area contributed by atoms with E-state index in [0.29, 0.717) is 6.61 Å². The van der Waals surface area contributed by atoms with Gasteiger partial charge < -0.3 is 14.2 Å². The summed E-state index contributed by atoms with van der Waals surface area (Å²) in [6, 6.07) is 0. The summed E-state index contributed by atoms with van der Waals surface area (Å²) in [7, 11) is 1.39. The van der Waals surface area contributed by atoms with E-state index < -0.39 is 12.4 Å². The maximum Gasteiger partial charge on any atom is 0.334 e. The minimum Gasteiger partial charge on any atom is -0.407 e. The monoisotopic (exact) mass is 160 g/mol. The molecule has 0 rings (SSSR count). The Balaban J connectivity index is 3.67. The van der Waals surface area contributed by atoms with Crippen LogP contribution in [0.25, 0.3) is 0 Å². The van der Waals surface area contributed by atoms with E-state index in [1.54, 1.807) is 6.92 Å². The van der Waals surface area contributed by atoms with Gasteiger partial charge in [-0.15, -0.1) is 0 Å². The van der Waals surface area contributed by atoms with Crippen molar-refractivity contribution in [3.63, 3.8) is 0 Å². The van der Waals surface area contributed by atoms with Gasteiger partial charge in [-0.3, -0.25) is 0 Å². The first kappa shape index (κ1) is 10.1. The van der Waals surface area contributed by atoms with E-state index in [9.17, 15) is 4.79 Å². The second-order valence-electron chi connectivity index (χ2n) is 1.62. The first-order valence-corrected chi connectivity index (χ1v) is 3.22. The molecule has 4 heteroatoms. The molecule has 0 aromatic heterocycles. The summed E-state index contributed by atoms with van der Waals surface area (Å²) >= 11 is 0. The molecule has 0 saturated carbocycles. The van der Waals surface area contributed by atoms with Crippen molar-refractivity contribution >= 4 is 5.97 Å². The summed E-state index contributed by atoms with van der Waals surface area (Å²) in [5.41, 5.74) is 0. The zero-order valence-corrected chi connectivity index (χ0v) is 6.70. The van der Waals surface area contributed by atoms with Gasteiger partial charge in [-0.25, -0.2) is 4.79 Å². The second kappa shape index (κ2) is 5.88. The topological polar surface area (TPSA) is 44.8 Å². The van der Waals surface area contributed by atoms with Crippen LogP contribution in [0.3, 0.4) is 0 Å². The molecular weight excluding hydrogens is 148 g/mol. The van der Waals surface area contributed by atoms with Crippen molar-refractivity contribution < 1.29 is 19.0 Å². The van der Waals surface area contributed by atoms with E-state index in [-0.39, 0.29) is 0 Å². The molecule has 0 saturated heterocycles. The van der Waals surface area contributed by atoms with Crippen LogP contribution in [0.15, 0.2) is 12.7 Å². The Hall–Kier alpha value is -0.870. The summed E-state index contributed by atoms with van der Waals surface area (Å²) < 4.78 is 14.1. The van der Waals surface area contributed by atoms with Gasteiger partial charge in [0, 0.05) is 13.2 Å². The van der Waals surface area contributed by atoms with Crippen molar-refractivity contribution in [2.45, 2.75) is 13.4 Å². The van der Waals surface area contributed by atoms with Crippen LogP contribution in [0.4, 0.5) is 0 Å². The van der Waals surface area contributed by atoms with Crippen LogP contribution in [-0.2, 0) is 19.0 Å². The molecule has 0 aliphatic carbocycles. The molecule has 11 heavy (non-hydrogen) atoms. The predicted molar refractivity (Wildman–Crippen MR) is 38.7 cm³/mol. The second-order valence-corrected chi connectivity index (χ2v) is 1.62. The van der Waals surface area contributed by atoms with Gasteiger partial charge >= 0.3 is 12.4 Å². The molecule has 4 nitrogen and oxygen atoms in total. The van der Waals surface area contributed by atoms with Crippen molar-refractivity contribution in [2.75, 3.05) is 13.7 Å². The summed E-state index contributed by atoms with van der Waals surface area (Å²) in [5.74, 6) is -0.565. The average Bonchev–Trinajstić information content (AvgIpc) is 2.03. The van der Waals surface area contributed by atoms with Crippen molar-refractivity contribution in [3.8, 4) is 0 Å². The predicted octanol–water partition coefficient (Wildman–Crippen LogP) is 0.682. The highest BCUT2D eigenvalue weighted by Gasteiger charge is 2.09. The van der Waals surface area contributed by atoms with E-state index in [4.69, 9.17) is 4.74 Å². The van der Waals surface area contributed by atoms with Gasteiger partial charge in [-0.2, -0.15) is 0 Å². The van der Waals surface area contributed by atoms with Crippen LogP contribution in [0.2, 0.25) is 0 Å². The zero-order chi connectivity index (χ0) is 8.69. The highest BCUT2D eigenvalue weighted by Crippen LogP contribution is 1.95. The Morgan fingerprint density at radius 2 is 2.36 bits per heavy atom. The Bertz CT molecular complexity index is 132. The maximum absolute atomic E-state index is 10.6. The zero-order valence-electron chi connectivity index (χ0n) is 6.70. The summed E-state index contributed by atoms with van der Waals surface area (Å²) in [6.45, 7) is 4.49. The van der Waals surface area contributed by atoms with Gasteiger partial charge in [0.2, 0.25) is 0 Å². The molecule has 0 fully saturated rings. The number of methoxy groups -OCH3 is 1. The maximum atomic E-state index is 10.6. The Morgan fingerprint density at radius 3 is 2.73 bits per heavy atom. The quantitative estimate of drug-likeness (QED) is 0.337. The number of ether oxygens (including phenoxy) is 3. The molecule has 0 aromatic rings. The van der Waals surface area contributed by atoms with Gasteiger partial charge in [0.05, 0.1) is 6.61 Å². The van der Waals surface area contributed by atoms with Gasteiger partial charge in [-0.05, 0) is 6.92 Å². The first-order chi connectivity index (χ1) is 5.24. The Morgan fingerprint density at radius 1 is 1.73 bits per heavy atom. The highest BCUT2D eigenvalue weighted by atomic mass is 16.8. The fourth-order valence-electron chi connectivity index (χ4n) is 0.429. The lowest BCUT2D eigenvalue weighted by Crippen LogP contribution is -2.22. The molecule has 0 aromatic carbocycles. The molecule has 0 radical (unpaired) electrons. The summed E-state index contributed by atoms with van der Waals surface area (Å²) in [6.07, 6.45) is 1.05. The summed E-state index contributed by atoms with van der Waals surface area (Å²) in [4.78, 5) is 10.6.